The van der Waals surface area contributed by atoms with Crippen LogP contribution in [0.15, 0.2) is 63.0 Å². The second-order valence-corrected chi connectivity index (χ2v) is 15.0. The van der Waals surface area contributed by atoms with Crippen LogP contribution in [0.25, 0.3) is 11.0 Å². The third kappa shape index (κ3) is 3.83. The van der Waals surface area contributed by atoms with E-state index in [0.29, 0.717) is 12.0 Å². The number of aliphatic hydroxyl groups is 2. The van der Waals surface area contributed by atoms with Crippen LogP contribution in [-0.2, 0) is 19.7 Å². The van der Waals surface area contributed by atoms with Crippen LogP contribution < -0.4 is 5.43 Å². The maximum Gasteiger partial charge on any atom is 0.230 e. The van der Waals surface area contributed by atoms with Gasteiger partial charge in [-0.15, -0.1) is 0 Å². The number of hydrogen-bond donors (Lipinski definition) is 4. The molecule has 9 heteroatoms. The molecule has 5 aliphatic rings. The first-order valence-electron chi connectivity index (χ1n) is 15.8. The lowest BCUT2D eigenvalue weighted by molar-refractivity contribution is -0.235. The van der Waals surface area contributed by atoms with Crippen molar-refractivity contribution in [1.82, 2.24) is 0 Å². The minimum atomic E-state index is -2.07. The van der Waals surface area contributed by atoms with Crippen LogP contribution in [0.1, 0.15) is 65.6 Å². The van der Waals surface area contributed by atoms with Crippen molar-refractivity contribution in [2.24, 2.45) is 34.5 Å². The van der Waals surface area contributed by atoms with E-state index in [2.05, 4.69) is 27.4 Å². The van der Waals surface area contributed by atoms with Gasteiger partial charge < -0.3 is 34.3 Å². The summed E-state index contributed by atoms with van der Waals surface area (Å²) in [5.74, 6) is -4.91. The van der Waals surface area contributed by atoms with E-state index >= 15 is 0 Å². The lowest BCUT2D eigenvalue weighted by atomic mass is 9.45. The number of aliphatic hydroxyl groups excluding tert-OH is 1. The van der Waals surface area contributed by atoms with Gasteiger partial charge in [0.25, 0.3) is 0 Å². The van der Waals surface area contributed by atoms with E-state index in [4.69, 9.17) is 13.9 Å². The first-order chi connectivity index (χ1) is 21.1. The average molecular weight is 619 g/mol. The molecule has 2 heterocycles. The fraction of sp³-hybridized carbons (Fsp3) is 0.556. The molecular weight excluding hydrogens is 576 g/mol. The quantitative estimate of drug-likeness (QED) is 0.349. The first-order valence-corrected chi connectivity index (χ1v) is 15.8. The second kappa shape index (κ2) is 9.56. The molecular formula is C36H42O9. The summed E-state index contributed by atoms with van der Waals surface area (Å²) in [6, 6.07) is 3.48. The van der Waals surface area contributed by atoms with Crippen molar-refractivity contribution >= 4 is 16.8 Å². The summed E-state index contributed by atoms with van der Waals surface area (Å²) in [7, 11) is 1.38. The smallest absolute Gasteiger partial charge is 0.230 e. The normalized spacial score (nSPS) is 40.4. The van der Waals surface area contributed by atoms with E-state index in [9.17, 15) is 30.0 Å². The Morgan fingerprint density at radius 3 is 2.53 bits per heavy atom. The zero-order chi connectivity index (χ0) is 32.4. The standard InChI is InChI=1S/C36H42O9/c1-17-8-11-35(26-15-22(40)29-21(39)12-19(37)13-23(29)44-26)25(41)16-27(43-6)36(42)32(35)28(17)31(45-36)30-18(2)20(38)14-24-33(3,4)9-7-10-34(24,30)5/h8,12-13,15-16,20,24,28,30-32,37-39,42H,2,7,9-11,14H2,1,3-6H3/t20-,24-,28+,30+,31-,32-,34-,35-,36-/m0/s1. The Bertz CT molecular complexity index is 1770. The molecule has 0 amide bonds. The van der Waals surface area contributed by atoms with Crippen LogP contribution in [-0.4, -0.2) is 51.3 Å². The Morgan fingerprint density at radius 2 is 1.82 bits per heavy atom. The average Bonchev–Trinajstić information content (AvgIpc) is 3.27. The maximum absolute atomic E-state index is 14.4. The predicted octanol–water partition coefficient (Wildman–Crippen LogP) is 4.99. The van der Waals surface area contributed by atoms with E-state index in [0.717, 1.165) is 30.9 Å². The Labute approximate surface area is 261 Å². The number of phenolic OH excluding ortho intramolecular Hbond substituents is 2. The van der Waals surface area contributed by atoms with Crippen molar-refractivity contribution in [3.8, 4) is 11.5 Å². The monoisotopic (exact) mass is 618 g/mol. The molecule has 1 saturated heterocycles. The minimum Gasteiger partial charge on any atom is -0.508 e. The van der Waals surface area contributed by atoms with Crippen LogP contribution in [0.3, 0.4) is 0 Å². The van der Waals surface area contributed by atoms with Crippen LogP contribution in [0.5, 0.6) is 11.5 Å². The molecule has 2 aromatic rings. The van der Waals surface area contributed by atoms with Crippen LogP contribution in [0.4, 0.5) is 0 Å². The Hall–Kier alpha value is -3.40. The third-order valence-corrected chi connectivity index (χ3v) is 12.4. The largest absolute Gasteiger partial charge is 0.508 e. The summed E-state index contributed by atoms with van der Waals surface area (Å²) in [6.45, 7) is 13.2. The van der Waals surface area contributed by atoms with Crippen molar-refractivity contribution in [3.05, 3.63) is 69.8 Å². The molecule has 0 bridgehead atoms. The van der Waals surface area contributed by atoms with E-state index < -0.39 is 52.2 Å². The lowest BCUT2D eigenvalue weighted by Gasteiger charge is -2.60. The molecule has 7 rings (SSSR count). The topological polar surface area (TPSA) is 147 Å². The van der Waals surface area contributed by atoms with Crippen molar-refractivity contribution in [1.29, 1.82) is 0 Å². The van der Waals surface area contributed by atoms with Crippen molar-refractivity contribution in [3.63, 3.8) is 0 Å². The number of ether oxygens (including phenoxy) is 2. The zero-order valence-corrected chi connectivity index (χ0v) is 26.4. The molecule has 0 spiro atoms. The van der Waals surface area contributed by atoms with Gasteiger partial charge in [-0.1, -0.05) is 45.4 Å². The number of rotatable bonds is 3. The molecule has 1 aromatic carbocycles. The highest BCUT2D eigenvalue weighted by Gasteiger charge is 2.74. The van der Waals surface area contributed by atoms with Gasteiger partial charge in [0.2, 0.25) is 5.79 Å². The molecule has 9 nitrogen and oxygen atoms in total. The number of allylic oxidation sites excluding steroid dienone is 2. The molecule has 0 radical (unpaired) electrons. The number of carbonyl (C=O) groups is 1. The summed E-state index contributed by atoms with van der Waals surface area (Å²) in [6.07, 6.45) is 5.42. The zero-order valence-electron chi connectivity index (χ0n) is 26.4. The van der Waals surface area contributed by atoms with Crippen molar-refractivity contribution in [2.75, 3.05) is 7.11 Å². The van der Waals surface area contributed by atoms with Gasteiger partial charge in [-0.3, -0.25) is 9.59 Å². The van der Waals surface area contributed by atoms with Gasteiger partial charge in [-0.25, -0.2) is 0 Å². The van der Waals surface area contributed by atoms with Crippen LogP contribution in [0.2, 0.25) is 0 Å². The number of aromatic hydroxyl groups is 2. The molecule has 45 heavy (non-hydrogen) atoms. The molecule has 1 aliphatic heterocycles. The van der Waals surface area contributed by atoms with Crippen LogP contribution >= 0.6 is 0 Å². The number of phenols is 2. The number of benzene rings is 1. The Kier molecular flexibility index (Phi) is 6.43. The molecule has 3 fully saturated rings. The van der Waals surface area contributed by atoms with Crippen LogP contribution in [0, 0.1) is 34.5 Å². The first kappa shape index (κ1) is 30.3. The van der Waals surface area contributed by atoms with Gasteiger partial charge in [0.1, 0.15) is 33.6 Å². The lowest BCUT2D eigenvalue weighted by Crippen LogP contribution is -2.59. The van der Waals surface area contributed by atoms with E-state index in [1.807, 2.05) is 13.0 Å². The van der Waals surface area contributed by atoms with Gasteiger partial charge in [0.15, 0.2) is 17.0 Å². The number of ketones is 1. The van der Waals surface area contributed by atoms with Gasteiger partial charge in [-0.2, -0.15) is 0 Å². The fourth-order valence-corrected chi connectivity index (χ4v) is 10.4. The van der Waals surface area contributed by atoms with E-state index in [1.165, 1.54) is 25.3 Å². The highest BCUT2D eigenvalue weighted by Crippen LogP contribution is 2.68. The Morgan fingerprint density at radius 1 is 1.09 bits per heavy atom. The summed E-state index contributed by atoms with van der Waals surface area (Å²) >= 11 is 0. The third-order valence-electron chi connectivity index (χ3n) is 12.4. The van der Waals surface area contributed by atoms with Gasteiger partial charge in [-0.05, 0) is 54.9 Å². The number of carbonyl (C=O) groups excluding carboxylic acids is 1. The number of hydrogen-bond acceptors (Lipinski definition) is 9. The summed E-state index contributed by atoms with van der Waals surface area (Å²) in [5, 5.41) is 44.6. The minimum absolute atomic E-state index is 0.00761. The summed E-state index contributed by atoms with van der Waals surface area (Å²) in [4.78, 5) is 27.8. The molecule has 2 saturated carbocycles. The maximum atomic E-state index is 14.4. The van der Waals surface area contributed by atoms with Gasteiger partial charge in [0, 0.05) is 36.1 Å². The molecule has 1 aromatic heterocycles. The van der Waals surface area contributed by atoms with Gasteiger partial charge in [0.05, 0.1) is 25.2 Å². The number of fused-ring (bicyclic) bond motifs is 2. The molecule has 240 valence electrons. The molecule has 0 unspecified atom stereocenters. The summed E-state index contributed by atoms with van der Waals surface area (Å²) in [5.41, 5.74) is -0.982. The van der Waals surface area contributed by atoms with Crippen molar-refractivity contribution in [2.45, 2.75) is 83.2 Å². The highest BCUT2D eigenvalue weighted by atomic mass is 16.7. The van der Waals surface area contributed by atoms with Gasteiger partial charge >= 0.3 is 0 Å². The van der Waals surface area contributed by atoms with Crippen molar-refractivity contribution < 1.29 is 39.1 Å². The number of methoxy groups -OCH3 is 1. The Balaban J connectivity index is 1.46. The molecule has 4 aliphatic carbocycles. The summed E-state index contributed by atoms with van der Waals surface area (Å²) < 4.78 is 18.7. The molecule has 4 N–H and O–H groups in total. The second-order valence-electron chi connectivity index (χ2n) is 15.0. The SMILES string of the molecule is C=C1[C@H]([C@H]2O[C@@]3(O)C(OC)=CC(=O)[C@]4(c5cc(=O)c6c(O)cc(O)cc6o5)CC=C(C)[C@H]2[C@H]34)[C@@]2(C)CCCC(C)(C)[C@@H]2C[C@@H]1O. The molecule has 9 atom stereocenters. The fourth-order valence-electron chi connectivity index (χ4n) is 10.4. The predicted molar refractivity (Wildman–Crippen MR) is 165 cm³/mol. The van der Waals surface area contributed by atoms with E-state index in [1.54, 1.807) is 0 Å². The highest BCUT2D eigenvalue weighted by molar-refractivity contribution is 6.01. The van der Waals surface area contributed by atoms with E-state index in [-0.39, 0.29) is 57.3 Å².